The summed E-state index contributed by atoms with van der Waals surface area (Å²) in [6.45, 7) is 0. The Morgan fingerprint density at radius 3 is 2.65 bits per heavy atom. The number of carbonyl (C=O) groups excluding carboxylic acids is 1. The van der Waals surface area contributed by atoms with Crippen molar-refractivity contribution in [3.05, 3.63) is 44.3 Å². The van der Waals surface area contributed by atoms with Crippen molar-refractivity contribution in [3.63, 3.8) is 0 Å². The number of aromatic nitrogens is 1. The first-order chi connectivity index (χ1) is 9.29. The largest absolute Gasteiger partial charge is 0.434 e. The van der Waals surface area contributed by atoms with Gasteiger partial charge in [-0.2, -0.15) is 13.2 Å². The average molecular weight is 341 g/mol. The van der Waals surface area contributed by atoms with E-state index in [0.717, 1.165) is 5.51 Å². The van der Waals surface area contributed by atoms with Crippen molar-refractivity contribution in [2.45, 2.75) is 6.18 Å². The smallest absolute Gasteiger partial charge is 0.320 e. The van der Waals surface area contributed by atoms with Crippen LogP contribution in [0.1, 0.15) is 15.4 Å². The highest BCUT2D eigenvalue weighted by Gasteiger charge is 2.38. The van der Waals surface area contributed by atoms with E-state index in [2.05, 4.69) is 10.3 Å². The van der Waals surface area contributed by atoms with E-state index < -0.39 is 22.7 Å². The maximum absolute atomic E-state index is 12.6. The molecule has 106 valence electrons. The summed E-state index contributed by atoms with van der Waals surface area (Å²) in [5, 5.41) is 2.74. The van der Waals surface area contributed by atoms with Gasteiger partial charge in [0.25, 0.3) is 5.91 Å². The minimum absolute atomic E-state index is 0.130. The predicted molar refractivity (Wildman–Crippen MR) is 71.5 cm³/mol. The number of hydrogen-bond donors (Lipinski definition) is 1. The molecule has 0 bridgehead atoms. The van der Waals surface area contributed by atoms with Gasteiger partial charge in [-0.05, 0) is 18.2 Å². The van der Waals surface area contributed by atoms with Crippen LogP contribution < -0.4 is 5.32 Å². The Balaban J connectivity index is 2.30. The van der Waals surface area contributed by atoms with Gasteiger partial charge in [-0.25, -0.2) is 4.98 Å². The number of alkyl halides is 3. The van der Waals surface area contributed by atoms with Gasteiger partial charge in [0.1, 0.15) is 4.88 Å². The Kier molecular flexibility index (Phi) is 4.22. The van der Waals surface area contributed by atoms with Crippen LogP contribution in [-0.2, 0) is 6.18 Å². The summed E-state index contributed by atoms with van der Waals surface area (Å²) >= 11 is 12.1. The number of nitrogens with one attached hydrogen (secondary N) is 1. The summed E-state index contributed by atoms with van der Waals surface area (Å²) < 4.78 is 37.9. The number of benzene rings is 1. The van der Waals surface area contributed by atoms with Gasteiger partial charge < -0.3 is 5.32 Å². The molecule has 1 aromatic heterocycles. The summed E-state index contributed by atoms with van der Waals surface area (Å²) in [6, 6.07) is 4.26. The Bertz CT molecular complexity index is 657. The van der Waals surface area contributed by atoms with E-state index in [4.69, 9.17) is 23.2 Å². The first-order valence-corrected chi connectivity index (χ1v) is 6.69. The molecule has 0 radical (unpaired) electrons. The van der Waals surface area contributed by atoms with E-state index in [-0.39, 0.29) is 10.7 Å². The minimum Gasteiger partial charge on any atom is -0.320 e. The molecule has 20 heavy (non-hydrogen) atoms. The van der Waals surface area contributed by atoms with Gasteiger partial charge in [0.05, 0.1) is 16.2 Å². The predicted octanol–water partition coefficient (Wildman–Crippen LogP) is 4.72. The molecule has 2 aromatic rings. The molecule has 1 aromatic carbocycles. The van der Waals surface area contributed by atoms with Crippen LogP contribution in [0.3, 0.4) is 0 Å². The number of halogens is 5. The fourth-order valence-corrected chi connectivity index (χ4v) is 2.42. The fraction of sp³-hybridized carbons (Fsp3) is 0.0909. The number of amides is 1. The quantitative estimate of drug-likeness (QED) is 0.859. The monoisotopic (exact) mass is 340 g/mol. The first kappa shape index (κ1) is 15.1. The van der Waals surface area contributed by atoms with E-state index in [1.165, 1.54) is 18.2 Å². The standard InChI is InChI=1S/C11H5Cl2F3N2OS/c12-5-1-2-6(13)7(3-5)18-10(19)8-9(11(14,15)16)17-4-20-8/h1-4H,(H,18,19). The van der Waals surface area contributed by atoms with Crippen LogP contribution in [0.25, 0.3) is 0 Å². The molecule has 0 aliphatic heterocycles. The van der Waals surface area contributed by atoms with Gasteiger partial charge in [0.2, 0.25) is 0 Å². The molecule has 9 heteroatoms. The van der Waals surface area contributed by atoms with Crippen molar-refractivity contribution in [3.8, 4) is 0 Å². The van der Waals surface area contributed by atoms with Gasteiger partial charge >= 0.3 is 6.18 Å². The Morgan fingerprint density at radius 2 is 2.00 bits per heavy atom. The topological polar surface area (TPSA) is 42.0 Å². The van der Waals surface area contributed by atoms with Gasteiger partial charge in [-0.3, -0.25) is 4.79 Å². The molecule has 0 atom stereocenters. The van der Waals surface area contributed by atoms with Crippen LogP contribution >= 0.6 is 34.5 Å². The highest BCUT2D eigenvalue weighted by molar-refractivity contribution is 7.12. The molecular weight excluding hydrogens is 336 g/mol. The third-order valence-electron chi connectivity index (χ3n) is 2.22. The molecule has 0 saturated carbocycles. The Morgan fingerprint density at radius 1 is 1.30 bits per heavy atom. The third-order valence-corrected chi connectivity index (χ3v) is 3.61. The van der Waals surface area contributed by atoms with Gasteiger partial charge in [0.15, 0.2) is 5.69 Å². The van der Waals surface area contributed by atoms with Crippen LogP contribution in [-0.4, -0.2) is 10.9 Å². The molecule has 0 saturated heterocycles. The lowest BCUT2D eigenvalue weighted by atomic mass is 10.3. The van der Waals surface area contributed by atoms with Crippen molar-refractivity contribution < 1.29 is 18.0 Å². The zero-order valence-corrected chi connectivity index (χ0v) is 11.8. The second-order valence-electron chi connectivity index (χ2n) is 3.61. The highest BCUT2D eigenvalue weighted by atomic mass is 35.5. The van der Waals surface area contributed by atoms with Crippen LogP contribution in [0.4, 0.5) is 18.9 Å². The van der Waals surface area contributed by atoms with E-state index in [1.807, 2.05) is 0 Å². The average Bonchev–Trinajstić information content (AvgIpc) is 2.82. The zero-order valence-electron chi connectivity index (χ0n) is 9.46. The van der Waals surface area contributed by atoms with Crippen LogP contribution in [0.2, 0.25) is 10.0 Å². The van der Waals surface area contributed by atoms with Crippen molar-refractivity contribution in [1.29, 1.82) is 0 Å². The van der Waals surface area contributed by atoms with Crippen molar-refractivity contribution in [2.24, 2.45) is 0 Å². The zero-order chi connectivity index (χ0) is 14.9. The summed E-state index contributed by atoms with van der Waals surface area (Å²) in [7, 11) is 0. The highest BCUT2D eigenvalue weighted by Crippen LogP contribution is 2.33. The Hall–Kier alpha value is -1.31. The number of nitrogens with zero attached hydrogens (tertiary/aromatic N) is 1. The molecule has 3 nitrogen and oxygen atoms in total. The summed E-state index contributed by atoms with van der Waals surface area (Å²) in [5.74, 6) is -0.941. The molecule has 0 aliphatic rings. The summed E-state index contributed by atoms with van der Waals surface area (Å²) in [6.07, 6.45) is -4.69. The second kappa shape index (κ2) is 5.59. The number of rotatable bonds is 2. The van der Waals surface area contributed by atoms with Gasteiger partial charge in [-0.1, -0.05) is 23.2 Å². The second-order valence-corrected chi connectivity index (χ2v) is 5.30. The molecule has 0 spiro atoms. The molecule has 0 unspecified atom stereocenters. The lowest BCUT2D eigenvalue weighted by molar-refractivity contribution is -0.141. The van der Waals surface area contributed by atoms with Crippen LogP contribution in [0, 0.1) is 0 Å². The molecular formula is C11H5Cl2F3N2OS. The molecule has 0 aliphatic carbocycles. The number of carbonyl (C=O) groups is 1. The van der Waals surface area contributed by atoms with E-state index in [1.54, 1.807) is 0 Å². The van der Waals surface area contributed by atoms with Crippen LogP contribution in [0.15, 0.2) is 23.7 Å². The minimum atomic E-state index is -4.69. The fourth-order valence-electron chi connectivity index (χ4n) is 1.38. The SMILES string of the molecule is O=C(Nc1cc(Cl)ccc1Cl)c1scnc1C(F)(F)F. The summed E-state index contributed by atoms with van der Waals surface area (Å²) in [4.78, 5) is 14.5. The lowest BCUT2D eigenvalue weighted by Crippen LogP contribution is -2.17. The molecule has 1 heterocycles. The maximum atomic E-state index is 12.6. The molecule has 2 rings (SSSR count). The number of anilines is 1. The molecule has 1 N–H and O–H groups in total. The van der Waals surface area contributed by atoms with Gasteiger partial charge in [0, 0.05) is 5.02 Å². The maximum Gasteiger partial charge on any atom is 0.434 e. The molecule has 0 fully saturated rings. The van der Waals surface area contributed by atoms with Crippen molar-refractivity contribution in [1.82, 2.24) is 4.98 Å². The summed E-state index contributed by atoms with van der Waals surface area (Å²) in [5.41, 5.74) is -0.138. The first-order valence-electron chi connectivity index (χ1n) is 5.06. The third kappa shape index (κ3) is 3.23. The van der Waals surface area contributed by atoms with Gasteiger partial charge in [-0.15, -0.1) is 11.3 Å². The van der Waals surface area contributed by atoms with E-state index >= 15 is 0 Å². The van der Waals surface area contributed by atoms with E-state index in [9.17, 15) is 18.0 Å². The Labute approximate surface area is 125 Å². The molecule has 1 amide bonds. The lowest BCUT2D eigenvalue weighted by Gasteiger charge is -2.09. The van der Waals surface area contributed by atoms with Crippen LogP contribution in [0.5, 0.6) is 0 Å². The number of hydrogen-bond acceptors (Lipinski definition) is 3. The van der Waals surface area contributed by atoms with E-state index in [0.29, 0.717) is 16.4 Å². The normalized spacial score (nSPS) is 11.4. The van der Waals surface area contributed by atoms with Crippen molar-refractivity contribution >= 4 is 46.1 Å². The van der Waals surface area contributed by atoms with Crippen molar-refractivity contribution in [2.75, 3.05) is 5.32 Å². The number of thiazole rings is 1.